The molecule has 0 bridgehead atoms. The van der Waals surface area contributed by atoms with Crippen molar-refractivity contribution in [3.63, 3.8) is 0 Å². The number of amides is 2. The average molecular weight is 315 g/mol. The number of urea groups is 1. The Labute approximate surface area is 116 Å². The van der Waals surface area contributed by atoms with E-state index in [4.69, 9.17) is 4.74 Å². The van der Waals surface area contributed by atoms with E-state index < -0.39 is 0 Å². The van der Waals surface area contributed by atoms with Gasteiger partial charge in [0.1, 0.15) is 0 Å². The van der Waals surface area contributed by atoms with E-state index in [2.05, 4.69) is 26.6 Å². The number of halogens is 1. The van der Waals surface area contributed by atoms with E-state index in [1.54, 1.807) is 7.11 Å². The van der Waals surface area contributed by atoms with Gasteiger partial charge in [-0.2, -0.15) is 0 Å². The van der Waals surface area contributed by atoms with Crippen LogP contribution in [0.1, 0.15) is 18.4 Å². The van der Waals surface area contributed by atoms with Gasteiger partial charge in [-0.3, -0.25) is 0 Å². The van der Waals surface area contributed by atoms with Crippen LogP contribution in [0.2, 0.25) is 0 Å². The van der Waals surface area contributed by atoms with Crippen molar-refractivity contribution in [1.29, 1.82) is 0 Å². The Balaban J connectivity index is 2.13. The van der Waals surface area contributed by atoms with Gasteiger partial charge < -0.3 is 15.4 Å². The van der Waals surface area contributed by atoms with Crippen molar-refractivity contribution in [2.24, 2.45) is 0 Å². The highest BCUT2D eigenvalue weighted by Gasteiger charge is 2.00. The van der Waals surface area contributed by atoms with Crippen molar-refractivity contribution in [3.05, 3.63) is 34.3 Å². The highest BCUT2D eigenvalue weighted by Crippen LogP contribution is 2.11. The first-order valence-electron chi connectivity index (χ1n) is 5.97. The van der Waals surface area contributed by atoms with E-state index >= 15 is 0 Å². The van der Waals surface area contributed by atoms with Crippen LogP contribution >= 0.6 is 15.9 Å². The predicted molar refractivity (Wildman–Crippen MR) is 75.5 cm³/mol. The zero-order valence-corrected chi connectivity index (χ0v) is 12.1. The number of methoxy groups -OCH3 is 1. The first-order chi connectivity index (χ1) is 8.72. The topological polar surface area (TPSA) is 50.4 Å². The Kier molecular flexibility index (Phi) is 7.44. The molecule has 2 amide bonds. The zero-order chi connectivity index (χ0) is 13.2. The molecule has 18 heavy (non-hydrogen) atoms. The molecule has 1 aromatic rings. The molecule has 0 unspecified atom stereocenters. The maximum absolute atomic E-state index is 11.5. The Hall–Kier alpha value is -1.07. The first kappa shape index (κ1) is 15.0. The lowest BCUT2D eigenvalue weighted by molar-refractivity contribution is 0.192. The molecule has 0 aliphatic rings. The minimum absolute atomic E-state index is 0.132. The van der Waals surface area contributed by atoms with Crippen LogP contribution < -0.4 is 10.6 Å². The van der Waals surface area contributed by atoms with E-state index in [-0.39, 0.29) is 6.03 Å². The number of rotatable bonds is 7. The minimum atomic E-state index is -0.132. The molecule has 2 N–H and O–H groups in total. The van der Waals surface area contributed by atoms with Gasteiger partial charge in [0.15, 0.2) is 0 Å². The van der Waals surface area contributed by atoms with Crippen LogP contribution in [-0.4, -0.2) is 26.3 Å². The summed E-state index contributed by atoms with van der Waals surface area (Å²) >= 11 is 3.39. The highest BCUT2D eigenvalue weighted by molar-refractivity contribution is 9.10. The molecule has 1 rings (SSSR count). The summed E-state index contributed by atoms with van der Waals surface area (Å²) < 4.78 is 5.95. The summed E-state index contributed by atoms with van der Waals surface area (Å²) in [5.74, 6) is 0. The van der Waals surface area contributed by atoms with Crippen molar-refractivity contribution in [3.8, 4) is 0 Å². The molecule has 0 fully saturated rings. The van der Waals surface area contributed by atoms with Crippen molar-refractivity contribution >= 4 is 22.0 Å². The number of ether oxygens (including phenoxy) is 1. The lowest BCUT2D eigenvalue weighted by atomic mass is 10.2. The van der Waals surface area contributed by atoms with Gasteiger partial charge in [-0.15, -0.1) is 0 Å². The number of unbranched alkanes of at least 4 members (excludes halogenated alkanes) is 1. The summed E-state index contributed by atoms with van der Waals surface area (Å²) in [5, 5.41) is 5.62. The third kappa shape index (κ3) is 6.61. The van der Waals surface area contributed by atoms with Gasteiger partial charge in [0, 0.05) is 31.3 Å². The lowest BCUT2D eigenvalue weighted by Crippen LogP contribution is -2.35. The Morgan fingerprint density at radius 2 is 2.17 bits per heavy atom. The summed E-state index contributed by atoms with van der Waals surface area (Å²) in [5.41, 5.74) is 1.07. The number of carbonyl (C=O) groups excluding carboxylic acids is 1. The third-order valence-electron chi connectivity index (χ3n) is 2.40. The van der Waals surface area contributed by atoms with Gasteiger partial charge in [-0.1, -0.05) is 28.1 Å². The number of hydrogen-bond donors (Lipinski definition) is 2. The van der Waals surface area contributed by atoms with Crippen molar-refractivity contribution in [2.45, 2.75) is 19.4 Å². The molecule has 4 nitrogen and oxygen atoms in total. The molecule has 0 heterocycles. The number of nitrogens with one attached hydrogen (secondary N) is 2. The van der Waals surface area contributed by atoms with Crippen LogP contribution in [0.25, 0.3) is 0 Å². The summed E-state index contributed by atoms with van der Waals surface area (Å²) in [4.78, 5) is 11.5. The van der Waals surface area contributed by atoms with E-state index in [1.807, 2.05) is 24.3 Å². The summed E-state index contributed by atoms with van der Waals surface area (Å²) in [6, 6.07) is 7.73. The average Bonchev–Trinajstić information content (AvgIpc) is 2.36. The number of carbonyl (C=O) groups is 1. The van der Waals surface area contributed by atoms with Crippen molar-refractivity contribution < 1.29 is 9.53 Å². The van der Waals surface area contributed by atoms with E-state index in [0.29, 0.717) is 13.1 Å². The molecule has 0 radical (unpaired) electrons. The third-order valence-corrected chi connectivity index (χ3v) is 2.90. The van der Waals surface area contributed by atoms with Crippen molar-refractivity contribution in [2.75, 3.05) is 20.3 Å². The molecule has 0 aliphatic heterocycles. The maximum atomic E-state index is 11.5. The fourth-order valence-electron chi connectivity index (χ4n) is 1.47. The van der Waals surface area contributed by atoms with Crippen LogP contribution in [0.5, 0.6) is 0 Å². The molecule has 0 aliphatic carbocycles. The van der Waals surface area contributed by atoms with E-state index in [9.17, 15) is 4.79 Å². The standard InChI is InChI=1S/C13H19BrN2O2/c1-18-8-3-2-7-15-13(17)16-10-11-5-4-6-12(14)9-11/h4-6,9H,2-3,7-8,10H2,1H3,(H2,15,16,17). The van der Waals surface area contributed by atoms with Gasteiger partial charge in [-0.25, -0.2) is 4.79 Å². The zero-order valence-electron chi connectivity index (χ0n) is 10.5. The Morgan fingerprint density at radius 1 is 1.33 bits per heavy atom. The second kappa shape index (κ2) is 8.94. The van der Waals surface area contributed by atoms with Crippen LogP contribution in [-0.2, 0) is 11.3 Å². The van der Waals surface area contributed by atoms with Gasteiger partial charge in [0.25, 0.3) is 0 Å². The maximum Gasteiger partial charge on any atom is 0.315 e. The van der Waals surface area contributed by atoms with Gasteiger partial charge in [-0.05, 0) is 30.5 Å². The molecular formula is C13H19BrN2O2. The van der Waals surface area contributed by atoms with Crippen molar-refractivity contribution in [1.82, 2.24) is 10.6 Å². The normalized spacial score (nSPS) is 10.1. The smallest absolute Gasteiger partial charge is 0.315 e. The molecule has 1 aromatic carbocycles. The van der Waals surface area contributed by atoms with Crippen LogP contribution in [0.3, 0.4) is 0 Å². The van der Waals surface area contributed by atoms with E-state index in [0.717, 1.165) is 29.5 Å². The second-order valence-electron chi connectivity index (χ2n) is 3.94. The fourth-order valence-corrected chi connectivity index (χ4v) is 1.91. The predicted octanol–water partition coefficient (Wildman–Crippen LogP) is 2.67. The fraction of sp³-hybridized carbons (Fsp3) is 0.462. The van der Waals surface area contributed by atoms with Gasteiger partial charge in [0.05, 0.1) is 0 Å². The minimum Gasteiger partial charge on any atom is -0.385 e. The van der Waals surface area contributed by atoms with Crippen LogP contribution in [0.4, 0.5) is 4.79 Å². The second-order valence-corrected chi connectivity index (χ2v) is 4.85. The molecule has 5 heteroatoms. The monoisotopic (exact) mass is 314 g/mol. The van der Waals surface area contributed by atoms with E-state index in [1.165, 1.54) is 0 Å². The summed E-state index contributed by atoms with van der Waals surface area (Å²) in [7, 11) is 1.68. The number of hydrogen-bond acceptors (Lipinski definition) is 2. The van der Waals surface area contributed by atoms with Gasteiger partial charge in [0.2, 0.25) is 0 Å². The Morgan fingerprint density at radius 3 is 2.89 bits per heavy atom. The summed E-state index contributed by atoms with van der Waals surface area (Å²) in [6.45, 7) is 1.94. The molecule has 0 saturated heterocycles. The van der Waals surface area contributed by atoms with Crippen LogP contribution in [0, 0.1) is 0 Å². The SMILES string of the molecule is COCCCCNC(=O)NCc1cccc(Br)c1. The largest absolute Gasteiger partial charge is 0.385 e. The summed E-state index contributed by atoms with van der Waals surface area (Å²) in [6.07, 6.45) is 1.89. The molecular weight excluding hydrogens is 296 g/mol. The number of benzene rings is 1. The first-order valence-corrected chi connectivity index (χ1v) is 6.77. The molecule has 0 atom stereocenters. The molecule has 0 saturated carbocycles. The quantitative estimate of drug-likeness (QED) is 0.760. The molecule has 0 aromatic heterocycles. The highest BCUT2D eigenvalue weighted by atomic mass is 79.9. The van der Waals surface area contributed by atoms with Crippen LogP contribution in [0.15, 0.2) is 28.7 Å². The molecule has 100 valence electrons. The Bertz CT molecular complexity index is 372. The van der Waals surface area contributed by atoms with Gasteiger partial charge >= 0.3 is 6.03 Å². The lowest BCUT2D eigenvalue weighted by Gasteiger charge is -2.07. The molecule has 0 spiro atoms.